The minimum Gasteiger partial charge on any atom is -0.348 e. The van der Waals surface area contributed by atoms with Crippen molar-refractivity contribution in [3.8, 4) is 17.3 Å². The molecule has 0 N–H and O–H groups in total. The second-order valence-electron chi connectivity index (χ2n) is 6.98. The summed E-state index contributed by atoms with van der Waals surface area (Å²) in [6, 6.07) is 13.8. The molecule has 4 rings (SSSR count). The van der Waals surface area contributed by atoms with Crippen molar-refractivity contribution in [1.82, 2.24) is 4.98 Å². The van der Waals surface area contributed by atoms with E-state index in [-0.39, 0.29) is 10.5 Å². The van der Waals surface area contributed by atoms with Gasteiger partial charge in [-0.3, -0.25) is 0 Å². The van der Waals surface area contributed by atoms with Gasteiger partial charge in [-0.05, 0) is 37.1 Å². The maximum atomic E-state index is 13.1. The standard InChI is InChI=1S/C21H17Cl2N3O2S2/c22-17-6-5-14(11-18(17)23)19-13-29-21(25-19)26-9-7-16(8-10-26)30(27,28)20-4-2-1-3-15(20)12-24/h1-6,11,13,16H,7-10H2. The molecule has 1 saturated heterocycles. The SMILES string of the molecule is N#Cc1ccccc1S(=O)(=O)C1CCN(c2nc(-c3ccc(Cl)c(Cl)c3)cs2)CC1. The average Bonchev–Trinajstić information content (AvgIpc) is 3.26. The molecule has 0 aliphatic carbocycles. The van der Waals surface area contributed by atoms with Crippen LogP contribution in [0.5, 0.6) is 0 Å². The largest absolute Gasteiger partial charge is 0.348 e. The Bertz CT molecular complexity index is 1230. The van der Waals surface area contributed by atoms with Gasteiger partial charge in [-0.1, -0.05) is 41.4 Å². The van der Waals surface area contributed by atoms with Crippen LogP contribution < -0.4 is 4.90 Å². The van der Waals surface area contributed by atoms with Crippen LogP contribution in [0.3, 0.4) is 0 Å². The van der Waals surface area contributed by atoms with Crippen molar-refractivity contribution in [1.29, 1.82) is 5.26 Å². The molecule has 1 aliphatic heterocycles. The van der Waals surface area contributed by atoms with E-state index in [0.717, 1.165) is 16.4 Å². The van der Waals surface area contributed by atoms with Gasteiger partial charge >= 0.3 is 0 Å². The van der Waals surface area contributed by atoms with Crippen LogP contribution in [0, 0.1) is 11.3 Å². The fraction of sp³-hybridized carbons (Fsp3) is 0.238. The maximum Gasteiger partial charge on any atom is 0.185 e. The number of nitriles is 1. The Labute approximate surface area is 189 Å². The number of thiazole rings is 1. The van der Waals surface area contributed by atoms with Gasteiger partial charge in [0.05, 0.1) is 31.4 Å². The van der Waals surface area contributed by atoms with E-state index in [1.807, 2.05) is 17.5 Å². The maximum absolute atomic E-state index is 13.1. The van der Waals surface area contributed by atoms with Gasteiger partial charge in [0, 0.05) is 24.0 Å². The molecule has 3 aromatic rings. The number of anilines is 1. The lowest BCUT2D eigenvalue weighted by Crippen LogP contribution is -2.39. The van der Waals surface area contributed by atoms with Crippen LogP contribution in [0.2, 0.25) is 10.0 Å². The molecule has 0 radical (unpaired) electrons. The molecule has 0 amide bonds. The molecule has 0 saturated carbocycles. The van der Waals surface area contributed by atoms with E-state index < -0.39 is 15.1 Å². The molecule has 154 valence electrons. The van der Waals surface area contributed by atoms with Crippen molar-refractivity contribution >= 4 is 49.5 Å². The van der Waals surface area contributed by atoms with E-state index in [2.05, 4.69) is 4.90 Å². The van der Waals surface area contributed by atoms with E-state index in [0.29, 0.717) is 36.0 Å². The lowest BCUT2D eigenvalue weighted by Gasteiger charge is -2.31. The summed E-state index contributed by atoms with van der Waals surface area (Å²) in [7, 11) is -3.55. The minimum absolute atomic E-state index is 0.127. The number of nitrogens with zero attached hydrogens (tertiary/aromatic N) is 3. The van der Waals surface area contributed by atoms with Crippen molar-refractivity contribution in [2.24, 2.45) is 0 Å². The number of rotatable bonds is 4. The van der Waals surface area contributed by atoms with Crippen LogP contribution in [-0.4, -0.2) is 31.7 Å². The van der Waals surface area contributed by atoms with Crippen LogP contribution in [0.25, 0.3) is 11.3 Å². The number of benzene rings is 2. The smallest absolute Gasteiger partial charge is 0.185 e. The predicted molar refractivity (Wildman–Crippen MR) is 121 cm³/mol. The first-order chi connectivity index (χ1) is 14.4. The highest BCUT2D eigenvalue weighted by Crippen LogP contribution is 2.34. The van der Waals surface area contributed by atoms with Gasteiger partial charge in [0.1, 0.15) is 6.07 Å². The molecule has 5 nitrogen and oxygen atoms in total. The summed E-state index contributed by atoms with van der Waals surface area (Å²) in [5, 5.41) is 12.5. The molecule has 1 fully saturated rings. The molecular weight excluding hydrogens is 461 g/mol. The number of aromatic nitrogens is 1. The number of piperidine rings is 1. The first kappa shape index (κ1) is 21.1. The van der Waals surface area contributed by atoms with Gasteiger partial charge in [0.15, 0.2) is 15.0 Å². The molecule has 9 heteroatoms. The predicted octanol–water partition coefficient (Wildman–Crippen LogP) is 5.43. The summed E-state index contributed by atoms with van der Waals surface area (Å²) in [4.78, 5) is 6.93. The van der Waals surface area contributed by atoms with Crippen LogP contribution in [0.1, 0.15) is 18.4 Å². The number of hydrogen-bond donors (Lipinski definition) is 0. The quantitative estimate of drug-likeness (QED) is 0.500. The van der Waals surface area contributed by atoms with Crippen LogP contribution in [0.4, 0.5) is 5.13 Å². The molecular formula is C21H17Cl2N3O2S2. The summed E-state index contributed by atoms with van der Waals surface area (Å²) < 4.78 is 26.1. The van der Waals surface area contributed by atoms with Crippen LogP contribution >= 0.6 is 34.5 Å². The van der Waals surface area contributed by atoms with Crippen molar-refractivity contribution in [2.75, 3.05) is 18.0 Å². The van der Waals surface area contributed by atoms with Crippen LogP contribution in [-0.2, 0) is 9.84 Å². The molecule has 0 atom stereocenters. The molecule has 2 heterocycles. The Kier molecular flexibility index (Phi) is 6.03. The fourth-order valence-electron chi connectivity index (χ4n) is 3.54. The highest BCUT2D eigenvalue weighted by atomic mass is 35.5. The highest BCUT2D eigenvalue weighted by Gasteiger charge is 2.33. The van der Waals surface area contributed by atoms with E-state index in [1.165, 1.54) is 17.4 Å². The number of sulfone groups is 1. The third-order valence-electron chi connectivity index (χ3n) is 5.17. The van der Waals surface area contributed by atoms with Gasteiger partial charge in [0.25, 0.3) is 0 Å². The van der Waals surface area contributed by atoms with E-state index in [9.17, 15) is 13.7 Å². The van der Waals surface area contributed by atoms with Gasteiger partial charge in [-0.25, -0.2) is 13.4 Å². The summed E-state index contributed by atoms with van der Waals surface area (Å²) >= 11 is 13.6. The monoisotopic (exact) mass is 477 g/mol. The van der Waals surface area contributed by atoms with Gasteiger partial charge in [-0.15, -0.1) is 11.3 Å². The Balaban J connectivity index is 1.48. The first-order valence-electron chi connectivity index (χ1n) is 9.29. The third-order valence-corrected chi connectivity index (χ3v) is 9.13. The Morgan fingerprint density at radius 2 is 1.83 bits per heavy atom. The molecule has 1 aromatic heterocycles. The van der Waals surface area contributed by atoms with Crippen LogP contribution in [0.15, 0.2) is 52.7 Å². The third kappa shape index (κ3) is 4.06. The Hall–Kier alpha value is -2.11. The lowest BCUT2D eigenvalue weighted by atomic mass is 10.1. The van der Waals surface area contributed by atoms with Crippen molar-refractivity contribution in [3.05, 3.63) is 63.5 Å². The second-order valence-corrected chi connectivity index (χ2v) is 10.8. The molecule has 0 spiro atoms. The summed E-state index contributed by atoms with van der Waals surface area (Å²) in [6.45, 7) is 1.18. The molecule has 0 bridgehead atoms. The normalized spacial score (nSPS) is 15.2. The zero-order chi connectivity index (χ0) is 21.3. The Morgan fingerprint density at radius 3 is 2.53 bits per heavy atom. The van der Waals surface area contributed by atoms with E-state index in [1.54, 1.807) is 30.3 Å². The fourth-order valence-corrected chi connectivity index (χ4v) is 6.61. The number of hydrogen-bond acceptors (Lipinski definition) is 6. The topological polar surface area (TPSA) is 74.1 Å². The molecule has 0 unspecified atom stereocenters. The number of halogens is 2. The van der Waals surface area contributed by atoms with E-state index in [4.69, 9.17) is 28.2 Å². The molecule has 30 heavy (non-hydrogen) atoms. The zero-order valence-corrected chi connectivity index (χ0v) is 18.9. The van der Waals surface area contributed by atoms with Crippen molar-refractivity contribution in [2.45, 2.75) is 23.0 Å². The van der Waals surface area contributed by atoms with Crippen molar-refractivity contribution in [3.63, 3.8) is 0 Å². The minimum atomic E-state index is -3.55. The summed E-state index contributed by atoms with van der Waals surface area (Å²) in [6.07, 6.45) is 0.980. The Morgan fingerprint density at radius 1 is 1.10 bits per heavy atom. The second kappa shape index (κ2) is 8.56. The average molecular weight is 478 g/mol. The highest BCUT2D eigenvalue weighted by molar-refractivity contribution is 7.92. The van der Waals surface area contributed by atoms with Gasteiger partial charge in [0.2, 0.25) is 0 Å². The van der Waals surface area contributed by atoms with Crippen molar-refractivity contribution < 1.29 is 8.42 Å². The van der Waals surface area contributed by atoms with E-state index >= 15 is 0 Å². The lowest BCUT2D eigenvalue weighted by molar-refractivity contribution is 0.529. The van der Waals surface area contributed by atoms with Gasteiger partial charge < -0.3 is 4.90 Å². The summed E-state index contributed by atoms with van der Waals surface area (Å²) in [5.41, 5.74) is 1.90. The first-order valence-corrected chi connectivity index (χ1v) is 12.5. The van der Waals surface area contributed by atoms with Gasteiger partial charge in [-0.2, -0.15) is 5.26 Å². The molecule has 2 aromatic carbocycles. The summed E-state index contributed by atoms with van der Waals surface area (Å²) in [5.74, 6) is 0. The zero-order valence-electron chi connectivity index (χ0n) is 15.8. The molecule has 1 aliphatic rings.